The molecule has 102 valence electrons. The fourth-order valence-electron chi connectivity index (χ4n) is 2.12. The average molecular weight is 295 g/mol. The van der Waals surface area contributed by atoms with Crippen LogP contribution >= 0.6 is 12.6 Å². The number of para-hydroxylation sites is 1. The van der Waals surface area contributed by atoms with E-state index in [2.05, 4.69) is 17.6 Å². The Morgan fingerprint density at radius 1 is 0.950 bits per heavy atom. The van der Waals surface area contributed by atoms with Crippen LogP contribution in [0.4, 0.5) is 13.2 Å². The van der Waals surface area contributed by atoms with Crippen LogP contribution in [0.25, 0.3) is 22.2 Å². The van der Waals surface area contributed by atoms with Crippen molar-refractivity contribution in [1.82, 2.24) is 4.98 Å². The highest BCUT2D eigenvalue weighted by Crippen LogP contribution is 2.39. The van der Waals surface area contributed by atoms with Crippen molar-refractivity contribution < 1.29 is 17.6 Å². The second-order valence-electron chi connectivity index (χ2n) is 4.19. The van der Waals surface area contributed by atoms with E-state index in [0.717, 1.165) is 6.07 Å². The van der Waals surface area contributed by atoms with Gasteiger partial charge in [0.1, 0.15) is 5.52 Å². The van der Waals surface area contributed by atoms with Crippen molar-refractivity contribution in [2.75, 3.05) is 0 Å². The van der Waals surface area contributed by atoms with Gasteiger partial charge >= 0.3 is 6.18 Å². The van der Waals surface area contributed by atoms with Gasteiger partial charge in [-0.15, -0.1) is 0 Å². The van der Waals surface area contributed by atoms with Crippen molar-refractivity contribution in [3.05, 3.63) is 48.0 Å². The highest BCUT2D eigenvalue weighted by molar-refractivity contribution is 7.80. The van der Waals surface area contributed by atoms with E-state index in [9.17, 15) is 13.2 Å². The summed E-state index contributed by atoms with van der Waals surface area (Å²) < 4.78 is 44.5. The van der Waals surface area contributed by atoms with Gasteiger partial charge in [0.15, 0.2) is 5.58 Å². The first-order valence-corrected chi connectivity index (χ1v) is 6.16. The molecule has 0 atom stereocenters. The molecule has 0 spiro atoms. The van der Waals surface area contributed by atoms with Crippen molar-refractivity contribution >= 4 is 23.7 Å². The van der Waals surface area contributed by atoms with Crippen LogP contribution in [0.3, 0.4) is 0 Å². The molecule has 0 aliphatic rings. The maximum absolute atomic E-state index is 13.1. The zero-order chi connectivity index (χ0) is 14.3. The molecule has 2 nitrogen and oxygen atoms in total. The summed E-state index contributed by atoms with van der Waals surface area (Å²) >= 11 is 3.99. The lowest BCUT2D eigenvalue weighted by Gasteiger charge is -2.12. The Labute approximate surface area is 117 Å². The van der Waals surface area contributed by atoms with Gasteiger partial charge in [0.25, 0.3) is 5.22 Å². The largest absolute Gasteiger partial charge is 0.432 e. The molecule has 0 bridgehead atoms. The maximum atomic E-state index is 13.1. The Bertz CT molecular complexity index is 779. The average Bonchev–Trinajstić information content (AvgIpc) is 2.77. The second-order valence-corrected chi connectivity index (χ2v) is 4.57. The van der Waals surface area contributed by atoms with E-state index in [0.29, 0.717) is 16.7 Å². The number of hydrogen-bond donors (Lipinski definition) is 1. The van der Waals surface area contributed by atoms with Crippen molar-refractivity contribution in [2.24, 2.45) is 0 Å². The number of oxazole rings is 1. The second kappa shape index (κ2) is 4.56. The smallest absolute Gasteiger partial charge is 0.417 e. The summed E-state index contributed by atoms with van der Waals surface area (Å²) in [5.74, 6) is 0. The molecule has 20 heavy (non-hydrogen) atoms. The molecular weight excluding hydrogens is 287 g/mol. The van der Waals surface area contributed by atoms with Gasteiger partial charge in [-0.05, 0) is 17.7 Å². The third-order valence-electron chi connectivity index (χ3n) is 2.93. The molecule has 3 rings (SSSR count). The highest BCUT2D eigenvalue weighted by Gasteiger charge is 2.33. The summed E-state index contributed by atoms with van der Waals surface area (Å²) in [6, 6.07) is 10.2. The van der Waals surface area contributed by atoms with Crippen molar-refractivity contribution in [3.63, 3.8) is 0 Å². The van der Waals surface area contributed by atoms with E-state index in [1.165, 1.54) is 12.1 Å². The topological polar surface area (TPSA) is 26.0 Å². The van der Waals surface area contributed by atoms with Crippen LogP contribution in [0.5, 0.6) is 0 Å². The van der Waals surface area contributed by atoms with Gasteiger partial charge in [-0.3, -0.25) is 0 Å². The number of aromatic nitrogens is 1. The molecule has 0 radical (unpaired) electrons. The number of halogens is 3. The molecule has 6 heteroatoms. The first-order chi connectivity index (χ1) is 9.47. The van der Waals surface area contributed by atoms with Crippen LogP contribution < -0.4 is 0 Å². The molecular formula is C14H8F3NOS. The predicted octanol–water partition coefficient (Wildman–Crippen LogP) is 4.80. The summed E-state index contributed by atoms with van der Waals surface area (Å²) in [6.07, 6.45) is -4.42. The molecule has 0 saturated heterocycles. The summed E-state index contributed by atoms with van der Waals surface area (Å²) in [6.45, 7) is 0. The van der Waals surface area contributed by atoms with Gasteiger partial charge in [0, 0.05) is 5.56 Å². The molecule has 0 unspecified atom stereocenters. The highest BCUT2D eigenvalue weighted by atomic mass is 32.1. The van der Waals surface area contributed by atoms with Crippen LogP contribution in [-0.4, -0.2) is 4.98 Å². The first kappa shape index (κ1) is 13.1. The molecule has 0 amide bonds. The Morgan fingerprint density at radius 3 is 2.40 bits per heavy atom. The lowest BCUT2D eigenvalue weighted by atomic mass is 9.98. The summed E-state index contributed by atoms with van der Waals surface area (Å²) in [7, 11) is 0. The lowest BCUT2D eigenvalue weighted by Crippen LogP contribution is -2.06. The molecule has 1 heterocycles. The molecule has 2 aromatic carbocycles. The van der Waals surface area contributed by atoms with E-state index < -0.39 is 11.7 Å². The van der Waals surface area contributed by atoms with E-state index >= 15 is 0 Å². The predicted molar refractivity (Wildman–Crippen MR) is 71.7 cm³/mol. The number of rotatable bonds is 1. The van der Waals surface area contributed by atoms with E-state index in [1.807, 2.05) is 0 Å². The lowest BCUT2D eigenvalue weighted by molar-refractivity contribution is -0.137. The molecule has 3 aromatic rings. The van der Waals surface area contributed by atoms with E-state index in [4.69, 9.17) is 4.42 Å². The first-order valence-electron chi connectivity index (χ1n) is 5.72. The van der Waals surface area contributed by atoms with Crippen molar-refractivity contribution in [1.29, 1.82) is 0 Å². The molecule has 0 fully saturated rings. The van der Waals surface area contributed by atoms with Gasteiger partial charge in [0.2, 0.25) is 0 Å². The standard InChI is InChI=1S/C14H8F3NOS/c15-14(16,17)10-6-2-1-4-8(10)9-5-3-7-11-12(9)18-13(20)19-11/h1-7H,(H,18,20). The molecule has 0 aliphatic carbocycles. The Morgan fingerprint density at radius 2 is 1.65 bits per heavy atom. The summed E-state index contributed by atoms with van der Waals surface area (Å²) in [5.41, 5.74) is 0.529. The van der Waals surface area contributed by atoms with E-state index in [-0.39, 0.29) is 10.8 Å². The molecule has 0 N–H and O–H groups in total. The number of fused-ring (bicyclic) bond motifs is 1. The molecule has 0 aliphatic heterocycles. The Hall–Kier alpha value is -1.95. The van der Waals surface area contributed by atoms with Gasteiger partial charge in [0.05, 0.1) is 5.56 Å². The number of alkyl halides is 3. The minimum absolute atomic E-state index is 0.0761. The zero-order valence-electron chi connectivity index (χ0n) is 9.98. The van der Waals surface area contributed by atoms with Gasteiger partial charge in [-0.2, -0.15) is 13.2 Å². The fourth-order valence-corrected chi connectivity index (χ4v) is 2.32. The summed E-state index contributed by atoms with van der Waals surface area (Å²) in [4.78, 5) is 4.04. The molecule has 1 aromatic heterocycles. The van der Waals surface area contributed by atoms with Crippen LogP contribution in [0, 0.1) is 0 Å². The van der Waals surface area contributed by atoms with Crippen LogP contribution in [0.1, 0.15) is 5.56 Å². The molecule has 0 saturated carbocycles. The normalized spacial score (nSPS) is 12.0. The minimum Gasteiger partial charge on any atom is -0.432 e. The SMILES string of the molecule is FC(F)(F)c1ccccc1-c1cccc2oc(S)nc12. The number of hydrogen-bond acceptors (Lipinski definition) is 3. The third kappa shape index (κ3) is 2.16. The Balaban J connectivity index is 2.32. The fraction of sp³-hybridized carbons (Fsp3) is 0.0714. The van der Waals surface area contributed by atoms with Crippen molar-refractivity contribution in [3.8, 4) is 11.1 Å². The minimum atomic E-state index is -4.42. The maximum Gasteiger partial charge on any atom is 0.417 e. The Kier molecular flexibility index (Phi) is 2.97. The van der Waals surface area contributed by atoms with E-state index in [1.54, 1.807) is 24.3 Å². The van der Waals surface area contributed by atoms with Crippen LogP contribution in [0.15, 0.2) is 52.1 Å². The van der Waals surface area contributed by atoms with Crippen LogP contribution in [0.2, 0.25) is 0 Å². The van der Waals surface area contributed by atoms with Gasteiger partial charge in [-0.1, -0.05) is 43.0 Å². The zero-order valence-corrected chi connectivity index (χ0v) is 10.9. The van der Waals surface area contributed by atoms with Crippen molar-refractivity contribution in [2.45, 2.75) is 11.4 Å². The monoisotopic (exact) mass is 295 g/mol. The summed E-state index contributed by atoms with van der Waals surface area (Å²) in [5, 5.41) is 0.122. The number of thiol groups is 1. The third-order valence-corrected chi connectivity index (χ3v) is 3.12. The van der Waals surface area contributed by atoms with Gasteiger partial charge < -0.3 is 4.42 Å². The quantitative estimate of drug-likeness (QED) is 0.652. The number of nitrogens with zero attached hydrogens (tertiary/aromatic N) is 1. The van der Waals surface area contributed by atoms with Gasteiger partial charge in [-0.25, -0.2) is 4.98 Å². The van der Waals surface area contributed by atoms with Crippen LogP contribution in [-0.2, 0) is 6.18 Å². The number of benzene rings is 2.